The van der Waals surface area contributed by atoms with Crippen LogP contribution in [-0.2, 0) is 15.0 Å². The molecule has 1 saturated carbocycles. The molecule has 2 N–H and O–H groups in total. The third kappa shape index (κ3) is 2.39. The van der Waals surface area contributed by atoms with Crippen molar-refractivity contribution in [3.8, 4) is 0 Å². The number of carboxylic acid groups (broad SMARTS) is 1. The van der Waals surface area contributed by atoms with Gasteiger partial charge in [-0.1, -0.05) is 0 Å². The van der Waals surface area contributed by atoms with Gasteiger partial charge in [-0.15, -0.1) is 0 Å². The van der Waals surface area contributed by atoms with Gasteiger partial charge in [-0.2, -0.15) is 17.4 Å². The minimum absolute atomic E-state index is 0.0496. The molecular weight excluding hydrogens is 274 g/mol. The van der Waals surface area contributed by atoms with E-state index < -0.39 is 28.4 Å². The Kier molecular flexibility index (Phi) is 3.43. The van der Waals surface area contributed by atoms with E-state index in [-0.39, 0.29) is 11.8 Å². The van der Waals surface area contributed by atoms with E-state index in [4.69, 9.17) is 5.11 Å². The fourth-order valence-electron chi connectivity index (χ4n) is 2.82. The van der Waals surface area contributed by atoms with Gasteiger partial charge in [0, 0.05) is 26.1 Å². The van der Waals surface area contributed by atoms with E-state index in [2.05, 4.69) is 4.72 Å². The first-order valence-corrected chi connectivity index (χ1v) is 7.44. The Morgan fingerprint density at radius 3 is 2.47 bits per heavy atom. The monoisotopic (exact) mass is 291 g/mol. The molecule has 2 aliphatic rings. The Labute approximate surface area is 111 Å². The average molecular weight is 291 g/mol. The van der Waals surface area contributed by atoms with Gasteiger partial charge in [0.05, 0.1) is 6.04 Å². The summed E-state index contributed by atoms with van der Waals surface area (Å²) in [6.07, 6.45) is -0.269. The average Bonchev–Trinajstić information content (AvgIpc) is 2.56. The first-order valence-electron chi connectivity index (χ1n) is 6.00. The molecule has 0 aromatic rings. The molecule has 108 valence electrons. The van der Waals surface area contributed by atoms with Crippen molar-refractivity contribution in [2.24, 2.45) is 5.92 Å². The van der Waals surface area contributed by atoms with Crippen LogP contribution in [0.15, 0.2) is 0 Å². The number of fused-ring (bicyclic) bond motifs is 1. The number of hydrogen-bond acceptors (Lipinski definition) is 4. The van der Waals surface area contributed by atoms with Crippen LogP contribution in [0.4, 0.5) is 4.79 Å². The standard InChI is InChI=1S/C10H17N3O5S/c1-12(2)9(14)6-3-4-8-7(5-6)11-19(17,18)13(8)10(15)16/h6-8,11H,3-5H2,1-2H3,(H,15,16)/t6-,7+,8-/m0/s1. The second-order valence-corrected chi connectivity index (χ2v) is 6.70. The summed E-state index contributed by atoms with van der Waals surface area (Å²) in [4.78, 5) is 24.4. The first kappa shape index (κ1) is 14.1. The largest absolute Gasteiger partial charge is 0.464 e. The van der Waals surface area contributed by atoms with Crippen molar-refractivity contribution >= 4 is 22.2 Å². The highest BCUT2D eigenvalue weighted by molar-refractivity contribution is 7.88. The summed E-state index contributed by atoms with van der Waals surface area (Å²) in [7, 11) is -0.680. The van der Waals surface area contributed by atoms with Crippen molar-refractivity contribution in [2.45, 2.75) is 31.3 Å². The molecule has 2 fully saturated rings. The number of nitrogens with one attached hydrogen (secondary N) is 1. The van der Waals surface area contributed by atoms with Crippen LogP contribution in [0.3, 0.4) is 0 Å². The molecule has 1 aliphatic carbocycles. The number of carbonyl (C=O) groups is 2. The molecule has 9 heteroatoms. The summed E-state index contributed by atoms with van der Waals surface area (Å²) < 4.78 is 26.3. The maximum absolute atomic E-state index is 11.9. The molecule has 0 bridgehead atoms. The van der Waals surface area contributed by atoms with E-state index in [9.17, 15) is 18.0 Å². The Balaban J connectivity index is 2.17. The Bertz CT molecular complexity index is 503. The third-order valence-electron chi connectivity index (χ3n) is 3.65. The van der Waals surface area contributed by atoms with E-state index >= 15 is 0 Å². The van der Waals surface area contributed by atoms with Crippen LogP contribution in [0.5, 0.6) is 0 Å². The molecule has 3 atom stereocenters. The topological polar surface area (TPSA) is 107 Å². The zero-order valence-electron chi connectivity index (χ0n) is 10.7. The highest BCUT2D eigenvalue weighted by Gasteiger charge is 2.50. The van der Waals surface area contributed by atoms with Crippen LogP contribution in [0, 0.1) is 5.92 Å². The quantitative estimate of drug-likeness (QED) is 0.673. The summed E-state index contributed by atoms with van der Waals surface area (Å²) in [5, 5.41) is 8.98. The van der Waals surface area contributed by atoms with E-state index in [1.807, 2.05) is 0 Å². The number of rotatable bonds is 1. The smallest absolute Gasteiger partial charge is 0.422 e. The summed E-state index contributed by atoms with van der Waals surface area (Å²) in [5.74, 6) is -0.306. The van der Waals surface area contributed by atoms with Gasteiger partial charge in [0.2, 0.25) is 5.91 Å². The van der Waals surface area contributed by atoms with Crippen molar-refractivity contribution in [1.29, 1.82) is 0 Å². The molecule has 0 unspecified atom stereocenters. The summed E-state index contributed by atoms with van der Waals surface area (Å²) >= 11 is 0. The zero-order valence-corrected chi connectivity index (χ0v) is 11.6. The van der Waals surface area contributed by atoms with Crippen molar-refractivity contribution in [1.82, 2.24) is 13.9 Å². The van der Waals surface area contributed by atoms with E-state index in [0.29, 0.717) is 23.6 Å². The highest BCUT2D eigenvalue weighted by Crippen LogP contribution is 2.34. The lowest BCUT2D eigenvalue weighted by atomic mass is 9.82. The van der Waals surface area contributed by atoms with E-state index in [1.165, 1.54) is 4.90 Å². The third-order valence-corrected chi connectivity index (χ3v) is 5.20. The lowest BCUT2D eigenvalue weighted by Crippen LogP contribution is -2.46. The number of amides is 2. The molecule has 0 spiro atoms. The van der Waals surface area contributed by atoms with Gasteiger partial charge in [-0.05, 0) is 19.3 Å². The molecule has 2 rings (SSSR count). The van der Waals surface area contributed by atoms with Gasteiger partial charge < -0.3 is 10.0 Å². The SMILES string of the molecule is CN(C)C(=O)[C@H]1CC[C@H]2[C@@H](C1)NS(=O)(=O)N2C(=O)O. The maximum atomic E-state index is 11.9. The minimum atomic E-state index is -3.98. The zero-order chi connectivity index (χ0) is 14.4. The molecule has 19 heavy (non-hydrogen) atoms. The Hall–Kier alpha value is -1.35. The van der Waals surface area contributed by atoms with Gasteiger partial charge in [0.1, 0.15) is 0 Å². The summed E-state index contributed by atoms with van der Waals surface area (Å²) in [6.45, 7) is 0. The second kappa shape index (κ2) is 4.64. The fraction of sp³-hybridized carbons (Fsp3) is 0.800. The van der Waals surface area contributed by atoms with E-state index in [1.54, 1.807) is 14.1 Å². The first-order chi connectivity index (χ1) is 8.74. The minimum Gasteiger partial charge on any atom is -0.464 e. The Morgan fingerprint density at radius 2 is 1.95 bits per heavy atom. The van der Waals surface area contributed by atoms with Crippen LogP contribution < -0.4 is 4.72 Å². The van der Waals surface area contributed by atoms with Crippen LogP contribution in [0.1, 0.15) is 19.3 Å². The molecule has 1 aliphatic heterocycles. The molecule has 0 radical (unpaired) electrons. The van der Waals surface area contributed by atoms with Gasteiger partial charge in [-0.3, -0.25) is 4.79 Å². The molecule has 8 nitrogen and oxygen atoms in total. The van der Waals surface area contributed by atoms with Crippen molar-refractivity contribution in [2.75, 3.05) is 14.1 Å². The lowest BCUT2D eigenvalue weighted by Gasteiger charge is -2.32. The summed E-state index contributed by atoms with van der Waals surface area (Å²) in [6, 6.07) is -1.11. The molecule has 2 amide bonds. The fourth-order valence-corrected chi connectivity index (χ4v) is 4.39. The highest BCUT2D eigenvalue weighted by atomic mass is 32.2. The molecular formula is C10H17N3O5S. The molecule has 0 aromatic heterocycles. The normalized spacial score (nSPS) is 32.7. The van der Waals surface area contributed by atoms with Gasteiger partial charge in [-0.25, -0.2) is 4.79 Å². The maximum Gasteiger partial charge on any atom is 0.422 e. The van der Waals surface area contributed by atoms with Gasteiger partial charge in [0.25, 0.3) is 0 Å². The van der Waals surface area contributed by atoms with Crippen LogP contribution in [0.25, 0.3) is 0 Å². The van der Waals surface area contributed by atoms with Crippen LogP contribution in [0.2, 0.25) is 0 Å². The van der Waals surface area contributed by atoms with Gasteiger partial charge >= 0.3 is 16.3 Å². The van der Waals surface area contributed by atoms with Crippen molar-refractivity contribution in [3.05, 3.63) is 0 Å². The molecule has 1 saturated heterocycles. The molecule has 0 aromatic carbocycles. The van der Waals surface area contributed by atoms with Crippen molar-refractivity contribution in [3.63, 3.8) is 0 Å². The van der Waals surface area contributed by atoms with Crippen molar-refractivity contribution < 1.29 is 23.1 Å². The predicted octanol–water partition coefficient (Wildman–Crippen LogP) is -0.560. The second-order valence-electron chi connectivity index (χ2n) is 5.12. The lowest BCUT2D eigenvalue weighted by molar-refractivity contribution is -0.134. The van der Waals surface area contributed by atoms with Crippen LogP contribution >= 0.6 is 0 Å². The predicted molar refractivity (Wildman–Crippen MR) is 65.5 cm³/mol. The van der Waals surface area contributed by atoms with Crippen LogP contribution in [-0.4, -0.2) is 60.9 Å². The number of hydrogen-bond donors (Lipinski definition) is 2. The Morgan fingerprint density at radius 1 is 1.32 bits per heavy atom. The van der Waals surface area contributed by atoms with Gasteiger partial charge in [0.15, 0.2) is 0 Å². The van der Waals surface area contributed by atoms with E-state index in [0.717, 1.165) is 0 Å². The number of carbonyl (C=O) groups excluding carboxylic acids is 1. The summed E-state index contributed by atoms with van der Waals surface area (Å²) in [5.41, 5.74) is 0. The molecule has 1 heterocycles. The number of nitrogens with zero attached hydrogens (tertiary/aromatic N) is 2.